The highest BCUT2D eigenvalue weighted by atomic mass is 16.5. The minimum absolute atomic E-state index is 0.0639. The first kappa shape index (κ1) is 20.5. The third kappa shape index (κ3) is 3.97. The van der Waals surface area contributed by atoms with E-state index in [4.69, 9.17) is 9.47 Å². The number of carbonyl (C=O) groups excluding carboxylic acids is 2. The van der Waals surface area contributed by atoms with Crippen LogP contribution in [0.3, 0.4) is 0 Å². The van der Waals surface area contributed by atoms with Crippen molar-refractivity contribution in [1.29, 1.82) is 0 Å². The van der Waals surface area contributed by atoms with Crippen LogP contribution in [-0.2, 0) is 9.59 Å². The van der Waals surface area contributed by atoms with Crippen LogP contribution in [0.2, 0.25) is 0 Å². The van der Waals surface area contributed by atoms with Crippen LogP contribution in [0.5, 0.6) is 11.5 Å². The van der Waals surface area contributed by atoms with E-state index >= 15 is 0 Å². The Morgan fingerprint density at radius 2 is 1.39 bits per heavy atom. The van der Waals surface area contributed by atoms with Crippen LogP contribution in [0, 0.1) is 6.92 Å². The zero-order valence-electron chi connectivity index (χ0n) is 17.7. The Bertz CT molecular complexity index is 1110. The first-order valence-electron chi connectivity index (χ1n) is 10.00. The number of methoxy groups -OCH3 is 2. The topological polar surface area (TPSA) is 59.1 Å². The Balaban J connectivity index is 1.81. The number of carbonyl (C=O) groups is 2. The van der Waals surface area contributed by atoms with Gasteiger partial charge in [-0.05, 0) is 36.8 Å². The molecule has 0 bridgehead atoms. The molecule has 0 radical (unpaired) electrons. The van der Waals surface area contributed by atoms with E-state index in [0.29, 0.717) is 22.9 Å². The fraction of sp³-hybridized carbons (Fsp3) is 0.200. The maximum Gasteiger partial charge on any atom is 0.255 e. The Hall–Kier alpha value is -3.80. The standard InChI is InChI=1S/C25H24N2O4/c1-17-10-12-18(13-11-17)24-25(29)26(19-6-4-8-21(14-19)30-2)16-23(28)27(24)20-7-5-9-22(15-20)31-3/h4-15,24H,16H2,1-3H3/t24-/m0/s1. The molecule has 6 heteroatoms. The predicted molar refractivity (Wildman–Crippen MR) is 120 cm³/mol. The number of hydrogen-bond donors (Lipinski definition) is 0. The normalized spacial score (nSPS) is 16.4. The van der Waals surface area contributed by atoms with Gasteiger partial charge in [-0.3, -0.25) is 14.5 Å². The van der Waals surface area contributed by atoms with Crippen molar-refractivity contribution in [1.82, 2.24) is 0 Å². The van der Waals surface area contributed by atoms with Gasteiger partial charge in [0, 0.05) is 23.5 Å². The van der Waals surface area contributed by atoms with Crippen molar-refractivity contribution in [3.05, 3.63) is 83.9 Å². The van der Waals surface area contributed by atoms with Gasteiger partial charge in [-0.25, -0.2) is 0 Å². The second-order valence-corrected chi connectivity index (χ2v) is 7.40. The van der Waals surface area contributed by atoms with Gasteiger partial charge < -0.3 is 14.4 Å². The second-order valence-electron chi connectivity index (χ2n) is 7.40. The number of anilines is 2. The Morgan fingerprint density at radius 1 is 0.806 bits per heavy atom. The predicted octanol–water partition coefficient (Wildman–Crippen LogP) is 4.13. The highest BCUT2D eigenvalue weighted by Gasteiger charge is 2.42. The molecule has 1 aliphatic heterocycles. The monoisotopic (exact) mass is 416 g/mol. The number of aryl methyl sites for hydroxylation is 1. The molecular formula is C25H24N2O4. The van der Waals surface area contributed by atoms with Crippen molar-refractivity contribution >= 4 is 23.2 Å². The maximum absolute atomic E-state index is 13.8. The van der Waals surface area contributed by atoms with Crippen LogP contribution in [0.25, 0.3) is 0 Å². The zero-order valence-corrected chi connectivity index (χ0v) is 17.7. The number of amides is 2. The summed E-state index contributed by atoms with van der Waals surface area (Å²) in [5.74, 6) is 0.885. The van der Waals surface area contributed by atoms with Crippen molar-refractivity contribution in [3.8, 4) is 11.5 Å². The number of nitrogens with zero attached hydrogens (tertiary/aromatic N) is 2. The second kappa shape index (κ2) is 8.52. The van der Waals surface area contributed by atoms with Gasteiger partial charge in [0.15, 0.2) is 0 Å². The van der Waals surface area contributed by atoms with Crippen LogP contribution in [0.4, 0.5) is 11.4 Å². The van der Waals surface area contributed by atoms with Gasteiger partial charge in [0.2, 0.25) is 5.91 Å². The van der Waals surface area contributed by atoms with Crippen LogP contribution in [0.1, 0.15) is 17.2 Å². The summed E-state index contributed by atoms with van der Waals surface area (Å²) < 4.78 is 10.6. The number of rotatable bonds is 5. The van der Waals surface area contributed by atoms with E-state index in [9.17, 15) is 9.59 Å². The molecule has 1 aliphatic rings. The maximum atomic E-state index is 13.8. The van der Waals surface area contributed by atoms with E-state index in [2.05, 4.69) is 0 Å². The average molecular weight is 416 g/mol. The fourth-order valence-corrected chi connectivity index (χ4v) is 3.78. The van der Waals surface area contributed by atoms with Gasteiger partial charge in [-0.15, -0.1) is 0 Å². The van der Waals surface area contributed by atoms with E-state index in [0.717, 1.165) is 11.1 Å². The van der Waals surface area contributed by atoms with Gasteiger partial charge in [0.1, 0.15) is 24.1 Å². The minimum atomic E-state index is -0.792. The fourth-order valence-electron chi connectivity index (χ4n) is 3.78. The summed E-state index contributed by atoms with van der Waals surface area (Å²) in [6.45, 7) is 1.92. The summed E-state index contributed by atoms with van der Waals surface area (Å²) in [7, 11) is 3.15. The Morgan fingerprint density at radius 3 is 2.00 bits per heavy atom. The van der Waals surface area contributed by atoms with E-state index in [-0.39, 0.29) is 18.4 Å². The summed E-state index contributed by atoms with van der Waals surface area (Å²) in [5, 5.41) is 0. The van der Waals surface area contributed by atoms with Gasteiger partial charge in [-0.1, -0.05) is 42.0 Å². The van der Waals surface area contributed by atoms with Crippen molar-refractivity contribution in [3.63, 3.8) is 0 Å². The molecule has 3 aromatic carbocycles. The van der Waals surface area contributed by atoms with E-state index in [1.54, 1.807) is 49.5 Å². The lowest BCUT2D eigenvalue weighted by Crippen LogP contribution is -2.56. The molecule has 4 rings (SSSR count). The highest BCUT2D eigenvalue weighted by Crippen LogP contribution is 2.36. The summed E-state index contributed by atoms with van der Waals surface area (Å²) in [6, 6.07) is 21.3. The van der Waals surface area contributed by atoms with Crippen LogP contribution in [0.15, 0.2) is 72.8 Å². The van der Waals surface area contributed by atoms with Gasteiger partial charge in [0.05, 0.1) is 14.2 Å². The van der Waals surface area contributed by atoms with Crippen LogP contribution < -0.4 is 19.3 Å². The Labute approximate surface area is 181 Å². The van der Waals surface area contributed by atoms with Crippen LogP contribution in [-0.4, -0.2) is 32.6 Å². The molecule has 1 heterocycles. The van der Waals surface area contributed by atoms with Gasteiger partial charge in [-0.2, -0.15) is 0 Å². The summed E-state index contributed by atoms with van der Waals surface area (Å²) in [5.41, 5.74) is 3.07. The molecule has 0 saturated carbocycles. The first-order valence-corrected chi connectivity index (χ1v) is 10.00. The third-order valence-electron chi connectivity index (χ3n) is 5.41. The molecule has 0 aliphatic carbocycles. The molecule has 6 nitrogen and oxygen atoms in total. The summed E-state index contributed by atoms with van der Waals surface area (Å²) >= 11 is 0. The van der Waals surface area contributed by atoms with Gasteiger partial charge >= 0.3 is 0 Å². The molecule has 3 aromatic rings. The minimum Gasteiger partial charge on any atom is -0.497 e. The molecule has 158 valence electrons. The lowest BCUT2D eigenvalue weighted by Gasteiger charge is -2.40. The summed E-state index contributed by atoms with van der Waals surface area (Å²) in [6.07, 6.45) is 0. The smallest absolute Gasteiger partial charge is 0.255 e. The Kier molecular flexibility index (Phi) is 5.62. The molecular weight excluding hydrogens is 392 g/mol. The zero-order chi connectivity index (χ0) is 22.0. The first-order chi connectivity index (χ1) is 15.0. The third-order valence-corrected chi connectivity index (χ3v) is 5.41. The number of piperazine rings is 1. The van der Waals surface area contributed by atoms with E-state index in [1.165, 1.54) is 4.90 Å². The molecule has 0 N–H and O–H groups in total. The summed E-state index contributed by atoms with van der Waals surface area (Å²) in [4.78, 5) is 30.2. The van der Waals surface area contributed by atoms with E-state index < -0.39 is 6.04 Å². The SMILES string of the molecule is COc1cccc(N2CC(=O)N(c3cccc(OC)c3)[C@@H](c3ccc(C)cc3)C2=O)c1. The molecule has 1 fully saturated rings. The molecule has 0 unspecified atom stereocenters. The lowest BCUT2D eigenvalue weighted by molar-refractivity contribution is -0.128. The largest absolute Gasteiger partial charge is 0.497 e. The van der Waals surface area contributed by atoms with Crippen molar-refractivity contribution < 1.29 is 19.1 Å². The van der Waals surface area contributed by atoms with Crippen molar-refractivity contribution in [2.24, 2.45) is 0 Å². The lowest BCUT2D eigenvalue weighted by atomic mass is 9.98. The van der Waals surface area contributed by atoms with Gasteiger partial charge in [0.25, 0.3) is 5.91 Å². The average Bonchev–Trinajstić information content (AvgIpc) is 2.80. The number of benzene rings is 3. The molecule has 0 spiro atoms. The molecule has 1 atom stereocenters. The number of hydrogen-bond acceptors (Lipinski definition) is 4. The van der Waals surface area contributed by atoms with Crippen molar-refractivity contribution in [2.75, 3.05) is 30.6 Å². The molecule has 2 amide bonds. The highest BCUT2D eigenvalue weighted by molar-refractivity contribution is 6.14. The quantitative estimate of drug-likeness (QED) is 0.627. The van der Waals surface area contributed by atoms with Crippen LogP contribution >= 0.6 is 0 Å². The van der Waals surface area contributed by atoms with E-state index in [1.807, 2.05) is 49.4 Å². The molecule has 1 saturated heterocycles. The molecule has 31 heavy (non-hydrogen) atoms. The van der Waals surface area contributed by atoms with Crippen molar-refractivity contribution in [2.45, 2.75) is 13.0 Å². The molecule has 0 aromatic heterocycles. The number of ether oxygens (including phenoxy) is 2.